The molecule has 0 amide bonds. The van der Waals surface area contributed by atoms with E-state index in [1.807, 2.05) is 11.1 Å². The molecule has 1 aromatic heterocycles. The van der Waals surface area contributed by atoms with Crippen molar-refractivity contribution in [3.8, 4) is 6.07 Å². The summed E-state index contributed by atoms with van der Waals surface area (Å²) in [4.78, 5) is 23.9. The highest BCUT2D eigenvalue weighted by Gasteiger charge is 2.00. The summed E-state index contributed by atoms with van der Waals surface area (Å²) in [6, 6.07) is 1.88. The molecule has 0 radical (unpaired) electrons. The smallest absolute Gasteiger partial charge is 0.298 e. The summed E-state index contributed by atoms with van der Waals surface area (Å²) in [5, 5.41) is 8.21. The first kappa shape index (κ1) is 9.55. The lowest BCUT2D eigenvalue weighted by atomic mass is 10.4. The molecule has 0 aliphatic heterocycles. The zero-order valence-corrected chi connectivity index (χ0v) is 7.34. The van der Waals surface area contributed by atoms with Crippen molar-refractivity contribution in [3.63, 3.8) is 0 Å². The maximum atomic E-state index is 11.0. The van der Waals surface area contributed by atoms with Gasteiger partial charge in [-0.15, -0.1) is 0 Å². The number of nitriles is 1. The van der Waals surface area contributed by atoms with E-state index in [1.54, 1.807) is 0 Å². The van der Waals surface area contributed by atoms with Crippen LogP contribution in [0.25, 0.3) is 0 Å². The third kappa shape index (κ3) is 2.20. The number of aryl methyl sites for hydroxylation is 1. The number of hydrogen-bond acceptors (Lipinski definition) is 3. The van der Waals surface area contributed by atoms with Crippen LogP contribution in [0.2, 0.25) is 5.02 Å². The summed E-state index contributed by atoms with van der Waals surface area (Å²) in [5.74, 6) is 0. The van der Waals surface area contributed by atoms with Crippen molar-refractivity contribution in [2.24, 2.45) is 0 Å². The molecule has 68 valence electrons. The lowest BCUT2D eigenvalue weighted by Gasteiger charge is -2.00. The Labute approximate surface area is 78.2 Å². The van der Waals surface area contributed by atoms with Crippen molar-refractivity contribution in [2.45, 2.75) is 13.0 Å². The predicted molar refractivity (Wildman–Crippen MR) is 46.6 cm³/mol. The van der Waals surface area contributed by atoms with Crippen molar-refractivity contribution < 1.29 is 0 Å². The van der Waals surface area contributed by atoms with Gasteiger partial charge in [0.25, 0.3) is 5.56 Å². The first-order chi connectivity index (χ1) is 6.15. The zero-order chi connectivity index (χ0) is 9.84. The molecule has 0 aliphatic carbocycles. The van der Waals surface area contributed by atoms with Crippen molar-refractivity contribution in [3.05, 3.63) is 32.1 Å². The number of nitrogens with one attached hydrogen (secondary N) is 1. The van der Waals surface area contributed by atoms with Crippen LogP contribution in [-0.2, 0) is 6.54 Å². The van der Waals surface area contributed by atoms with Crippen LogP contribution in [0.3, 0.4) is 0 Å². The Bertz CT molecular complexity index is 454. The summed E-state index contributed by atoms with van der Waals surface area (Å²) in [6.45, 7) is 0.228. The highest BCUT2D eigenvalue weighted by atomic mass is 35.5. The third-order valence-electron chi connectivity index (χ3n) is 1.43. The minimum absolute atomic E-state index is 0.0578. The largest absolute Gasteiger partial charge is 0.328 e. The molecular formula is C7H6ClN3O2. The van der Waals surface area contributed by atoms with Crippen LogP contribution < -0.4 is 11.2 Å². The third-order valence-corrected chi connectivity index (χ3v) is 1.70. The van der Waals surface area contributed by atoms with E-state index in [2.05, 4.69) is 0 Å². The van der Waals surface area contributed by atoms with Gasteiger partial charge < -0.3 is 0 Å². The molecular weight excluding hydrogens is 194 g/mol. The molecule has 1 N–H and O–H groups in total. The van der Waals surface area contributed by atoms with E-state index in [0.29, 0.717) is 0 Å². The number of aromatic nitrogens is 2. The van der Waals surface area contributed by atoms with Gasteiger partial charge in [0.15, 0.2) is 0 Å². The molecule has 6 heteroatoms. The summed E-state index contributed by atoms with van der Waals surface area (Å²) in [5.41, 5.74) is -1.16. The SMILES string of the molecule is N#CCCn1cc(Cl)c(=O)[nH]c1=O. The quantitative estimate of drug-likeness (QED) is 0.734. The van der Waals surface area contributed by atoms with Crippen molar-refractivity contribution in [2.75, 3.05) is 0 Å². The fraction of sp³-hybridized carbons (Fsp3) is 0.286. The highest BCUT2D eigenvalue weighted by molar-refractivity contribution is 6.30. The van der Waals surface area contributed by atoms with Gasteiger partial charge in [0.05, 0.1) is 12.5 Å². The summed E-state index contributed by atoms with van der Waals surface area (Å²) >= 11 is 5.48. The van der Waals surface area contributed by atoms with E-state index >= 15 is 0 Å². The first-order valence-electron chi connectivity index (χ1n) is 3.51. The van der Waals surface area contributed by atoms with E-state index < -0.39 is 11.2 Å². The van der Waals surface area contributed by atoms with Gasteiger partial charge in [0, 0.05) is 12.7 Å². The number of halogens is 1. The van der Waals surface area contributed by atoms with Crippen LogP contribution >= 0.6 is 11.6 Å². The Hall–Kier alpha value is -1.54. The Kier molecular flexibility index (Phi) is 2.88. The molecule has 0 spiro atoms. The van der Waals surface area contributed by atoms with Crippen LogP contribution in [0.4, 0.5) is 0 Å². The Morgan fingerprint density at radius 2 is 2.31 bits per heavy atom. The van der Waals surface area contributed by atoms with Crippen molar-refractivity contribution in [1.82, 2.24) is 9.55 Å². The zero-order valence-electron chi connectivity index (χ0n) is 6.58. The molecule has 0 aromatic carbocycles. The molecule has 0 saturated carbocycles. The summed E-state index contributed by atoms with van der Waals surface area (Å²) in [7, 11) is 0. The van der Waals surface area contributed by atoms with Crippen molar-refractivity contribution >= 4 is 11.6 Å². The number of nitrogens with zero attached hydrogens (tertiary/aromatic N) is 2. The van der Waals surface area contributed by atoms with Crippen LogP contribution in [0.15, 0.2) is 15.8 Å². The van der Waals surface area contributed by atoms with Gasteiger partial charge >= 0.3 is 5.69 Å². The van der Waals surface area contributed by atoms with Gasteiger partial charge in [-0.2, -0.15) is 5.26 Å². The minimum Gasteiger partial charge on any atom is -0.298 e. The maximum Gasteiger partial charge on any atom is 0.328 e. The second-order valence-corrected chi connectivity index (χ2v) is 2.75. The molecule has 0 saturated heterocycles. The molecule has 0 atom stereocenters. The second kappa shape index (κ2) is 3.92. The van der Waals surface area contributed by atoms with E-state index in [9.17, 15) is 9.59 Å². The average Bonchev–Trinajstić information content (AvgIpc) is 2.09. The van der Waals surface area contributed by atoms with Crippen LogP contribution in [0.1, 0.15) is 6.42 Å². The van der Waals surface area contributed by atoms with E-state index in [4.69, 9.17) is 16.9 Å². The van der Waals surface area contributed by atoms with E-state index in [0.717, 1.165) is 0 Å². The number of rotatable bonds is 2. The summed E-state index contributed by atoms with van der Waals surface area (Å²) in [6.07, 6.45) is 1.42. The number of H-pyrrole nitrogens is 1. The molecule has 0 bridgehead atoms. The lowest BCUT2D eigenvalue weighted by molar-refractivity contribution is 0.659. The van der Waals surface area contributed by atoms with Gasteiger partial charge in [0.1, 0.15) is 5.02 Å². The van der Waals surface area contributed by atoms with Crippen LogP contribution in [0.5, 0.6) is 0 Å². The molecule has 0 fully saturated rings. The Morgan fingerprint density at radius 1 is 1.62 bits per heavy atom. The molecule has 1 heterocycles. The van der Waals surface area contributed by atoms with Crippen LogP contribution in [0, 0.1) is 11.3 Å². The van der Waals surface area contributed by atoms with E-state index in [1.165, 1.54) is 10.8 Å². The molecule has 1 aromatic rings. The second-order valence-electron chi connectivity index (χ2n) is 2.34. The monoisotopic (exact) mass is 199 g/mol. The molecule has 5 nitrogen and oxygen atoms in total. The molecule has 13 heavy (non-hydrogen) atoms. The summed E-state index contributed by atoms with van der Waals surface area (Å²) < 4.78 is 1.19. The van der Waals surface area contributed by atoms with Gasteiger partial charge in [-0.25, -0.2) is 4.79 Å². The number of hydrogen-bond donors (Lipinski definition) is 1. The van der Waals surface area contributed by atoms with Gasteiger partial charge in [-0.3, -0.25) is 14.3 Å². The average molecular weight is 200 g/mol. The van der Waals surface area contributed by atoms with Crippen molar-refractivity contribution in [1.29, 1.82) is 5.26 Å². The standard InChI is InChI=1S/C7H6ClN3O2/c8-5-4-11(3-1-2-9)7(13)10-6(5)12/h4H,1,3H2,(H,10,12,13). The molecule has 0 unspecified atom stereocenters. The highest BCUT2D eigenvalue weighted by Crippen LogP contribution is 1.95. The molecule has 1 rings (SSSR count). The fourth-order valence-electron chi connectivity index (χ4n) is 0.819. The first-order valence-corrected chi connectivity index (χ1v) is 3.89. The fourth-order valence-corrected chi connectivity index (χ4v) is 0.984. The number of aromatic amines is 1. The predicted octanol–water partition coefficient (Wildman–Crippen LogP) is 0.104. The van der Waals surface area contributed by atoms with Gasteiger partial charge in [0.2, 0.25) is 0 Å². The van der Waals surface area contributed by atoms with Gasteiger partial charge in [-0.05, 0) is 0 Å². The topological polar surface area (TPSA) is 78.7 Å². The van der Waals surface area contributed by atoms with Crippen LogP contribution in [-0.4, -0.2) is 9.55 Å². The normalized spacial score (nSPS) is 9.54. The Balaban J connectivity index is 3.11. The lowest BCUT2D eigenvalue weighted by Crippen LogP contribution is -2.29. The minimum atomic E-state index is -0.611. The Morgan fingerprint density at radius 3 is 2.92 bits per heavy atom. The van der Waals surface area contributed by atoms with E-state index in [-0.39, 0.29) is 18.0 Å². The molecule has 0 aliphatic rings. The van der Waals surface area contributed by atoms with Gasteiger partial charge in [-0.1, -0.05) is 11.6 Å². The maximum absolute atomic E-state index is 11.0.